The molecule has 2 aromatic carbocycles. The summed E-state index contributed by atoms with van der Waals surface area (Å²) in [5.74, 6) is 4.26. The van der Waals surface area contributed by atoms with Gasteiger partial charge in [0.25, 0.3) is 5.91 Å². The van der Waals surface area contributed by atoms with Gasteiger partial charge >= 0.3 is 0 Å². The van der Waals surface area contributed by atoms with Crippen molar-refractivity contribution in [2.75, 3.05) is 11.9 Å². The van der Waals surface area contributed by atoms with E-state index in [4.69, 9.17) is 16.7 Å². The number of carbonyl (C=O) groups is 1. The van der Waals surface area contributed by atoms with Gasteiger partial charge in [-0.25, -0.2) is 4.39 Å². The van der Waals surface area contributed by atoms with Crippen molar-refractivity contribution in [3.63, 3.8) is 0 Å². The molecule has 106 valence electrons. The van der Waals surface area contributed by atoms with Gasteiger partial charge in [0.1, 0.15) is 12.4 Å². The van der Waals surface area contributed by atoms with E-state index >= 15 is 0 Å². The Balaban J connectivity index is 2.24. The maximum absolute atomic E-state index is 13.1. The van der Waals surface area contributed by atoms with Crippen LogP contribution in [0.1, 0.15) is 15.9 Å². The van der Waals surface area contributed by atoms with Crippen molar-refractivity contribution in [2.45, 2.75) is 0 Å². The zero-order chi connectivity index (χ0) is 15.2. The molecule has 5 heteroatoms. The number of rotatable bonds is 2. The van der Waals surface area contributed by atoms with Crippen LogP contribution < -0.4 is 5.32 Å². The van der Waals surface area contributed by atoms with Crippen molar-refractivity contribution in [2.24, 2.45) is 0 Å². The van der Waals surface area contributed by atoms with Crippen LogP contribution in [0.15, 0.2) is 42.5 Å². The molecule has 0 bridgehead atoms. The van der Waals surface area contributed by atoms with Gasteiger partial charge in [-0.3, -0.25) is 4.79 Å². The van der Waals surface area contributed by atoms with Crippen molar-refractivity contribution in [1.82, 2.24) is 0 Å². The lowest BCUT2D eigenvalue weighted by Gasteiger charge is -2.08. The summed E-state index contributed by atoms with van der Waals surface area (Å²) < 4.78 is 13.1. The zero-order valence-corrected chi connectivity index (χ0v) is 11.6. The number of halogens is 2. The van der Waals surface area contributed by atoms with Crippen LogP contribution in [0.3, 0.4) is 0 Å². The maximum atomic E-state index is 13.1. The lowest BCUT2D eigenvalue weighted by atomic mass is 10.1. The molecule has 0 atom stereocenters. The van der Waals surface area contributed by atoms with Crippen LogP contribution in [-0.2, 0) is 0 Å². The van der Waals surface area contributed by atoms with Crippen LogP contribution in [0, 0.1) is 17.7 Å². The fourth-order valence-electron chi connectivity index (χ4n) is 1.66. The van der Waals surface area contributed by atoms with Gasteiger partial charge in [0.05, 0.1) is 10.7 Å². The molecule has 0 aliphatic rings. The Morgan fingerprint density at radius 1 is 1.29 bits per heavy atom. The van der Waals surface area contributed by atoms with Gasteiger partial charge < -0.3 is 10.4 Å². The fourth-order valence-corrected chi connectivity index (χ4v) is 1.83. The van der Waals surface area contributed by atoms with Crippen molar-refractivity contribution in [3.8, 4) is 11.8 Å². The second kappa shape index (κ2) is 6.89. The minimum absolute atomic E-state index is 0.193. The first-order chi connectivity index (χ1) is 10.1. The molecule has 0 aliphatic heterocycles. The molecule has 0 aliphatic carbocycles. The van der Waals surface area contributed by atoms with Crippen LogP contribution >= 0.6 is 11.6 Å². The first-order valence-corrected chi connectivity index (χ1v) is 6.44. The molecule has 2 N–H and O–H groups in total. The highest BCUT2D eigenvalue weighted by molar-refractivity contribution is 6.34. The fraction of sp³-hybridized carbons (Fsp3) is 0.0625. The predicted octanol–water partition coefficient (Wildman–Crippen LogP) is 3.08. The second-order valence-corrected chi connectivity index (χ2v) is 4.53. The highest BCUT2D eigenvalue weighted by atomic mass is 35.5. The van der Waals surface area contributed by atoms with E-state index in [9.17, 15) is 9.18 Å². The van der Waals surface area contributed by atoms with Crippen LogP contribution in [-0.4, -0.2) is 17.6 Å². The summed E-state index contributed by atoms with van der Waals surface area (Å²) in [6, 6.07) is 10.2. The van der Waals surface area contributed by atoms with E-state index in [2.05, 4.69) is 17.2 Å². The number of hydrogen-bond acceptors (Lipinski definition) is 2. The first-order valence-electron chi connectivity index (χ1n) is 6.06. The Labute approximate surface area is 126 Å². The Bertz CT molecular complexity index is 735. The van der Waals surface area contributed by atoms with Crippen LogP contribution in [0.2, 0.25) is 5.02 Å². The van der Waals surface area contributed by atoms with Gasteiger partial charge in [0.2, 0.25) is 0 Å². The van der Waals surface area contributed by atoms with Gasteiger partial charge in [0.15, 0.2) is 0 Å². The molecular formula is C16H11ClFNO2. The zero-order valence-electron chi connectivity index (χ0n) is 10.9. The molecule has 0 spiro atoms. The lowest BCUT2D eigenvalue weighted by molar-refractivity contribution is 0.102. The monoisotopic (exact) mass is 303 g/mol. The minimum atomic E-state index is -0.490. The SMILES string of the molecule is O=C(Nc1cc(C#CCO)ccc1Cl)c1cccc(F)c1. The topological polar surface area (TPSA) is 49.3 Å². The summed E-state index contributed by atoms with van der Waals surface area (Å²) in [5.41, 5.74) is 1.16. The third kappa shape index (κ3) is 4.06. The molecule has 0 saturated carbocycles. The number of carbonyl (C=O) groups excluding carboxylic acids is 1. The van der Waals surface area contributed by atoms with Crippen LogP contribution in [0.4, 0.5) is 10.1 Å². The first kappa shape index (κ1) is 15.0. The largest absolute Gasteiger partial charge is 0.384 e. The number of aliphatic hydroxyl groups is 1. The van der Waals surface area contributed by atoms with E-state index in [1.165, 1.54) is 18.2 Å². The number of anilines is 1. The average molecular weight is 304 g/mol. The standard InChI is InChI=1S/C16H11ClFNO2/c17-14-7-6-11(3-2-8-20)9-15(14)19-16(21)12-4-1-5-13(18)10-12/h1,4-7,9-10,20H,8H2,(H,19,21). The van der Waals surface area contributed by atoms with Gasteiger partial charge in [-0.2, -0.15) is 0 Å². The summed E-state index contributed by atoms with van der Waals surface area (Å²) in [6.45, 7) is -0.256. The number of hydrogen-bond donors (Lipinski definition) is 2. The Hall–Kier alpha value is -2.35. The number of nitrogens with one attached hydrogen (secondary N) is 1. The van der Waals surface area contributed by atoms with Gasteiger partial charge in [0, 0.05) is 11.1 Å². The molecule has 1 amide bonds. The van der Waals surface area contributed by atoms with Crippen LogP contribution in [0.5, 0.6) is 0 Å². The Kier molecular flexibility index (Phi) is 4.94. The van der Waals surface area contributed by atoms with Crippen molar-refractivity contribution in [1.29, 1.82) is 0 Å². The quantitative estimate of drug-likeness (QED) is 0.838. The van der Waals surface area contributed by atoms with Crippen LogP contribution in [0.25, 0.3) is 0 Å². The van der Waals surface area contributed by atoms with Crippen molar-refractivity contribution < 1.29 is 14.3 Å². The van der Waals surface area contributed by atoms with E-state index in [-0.39, 0.29) is 12.2 Å². The molecule has 0 aromatic heterocycles. The summed E-state index contributed by atoms with van der Waals surface area (Å²) in [6.07, 6.45) is 0. The van der Waals surface area contributed by atoms with E-state index in [1.54, 1.807) is 18.2 Å². The second-order valence-electron chi connectivity index (χ2n) is 4.12. The van der Waals surface area contributed by atoms with Gasteiger partial charge in [-0.15, -0.1) is 0 Å². The normalized spacial score (nSPS) is 9.67. The molecule has 0 radical (unpaired) electrons. The number of benzene rings is 2. The lowest BCUT2D eigenvalue weighted by Crippen LogP contribution is -2.12. The molecule has 0 fully saturated rings. The molecule has 3 nitrogen and oxygen atoms in total. The predicted molar refractivity (Wildman–Crippen MR) is 79.8 cm³/mol. The highest BCUT2D eigenvalue weighted by Crippen LogP contribution is 2.23. The summed E-state index contributed by atoms with van der Waals surface area (Å²) >= 11 is 6.01. The van der Waals surface area contributed by atoms with Crippen molar-refractivity contribution in [3.05, 3.63) is 64.4 Å². The number of aliphatic hydroxyl groups excluding tert-OH is 1. The third-order valence-electron chi connectivity index (χ3n) is 2.61. The van der Waals surface area contributed by atoms with Gasteiger partial charge in [-0.05, 0) is 36.4 Å². The Morgan fingerprint density at radius 3 is 2.81 bits per heavy atom. The van der Waals surface area contributed by atoms with E-state index in [0.717, 1.165) is 6.07 Å². The smallest absolute Gasteiger partial charge is 0.255 e. The maximum Gasteiger partial charge on any atom is 0.255 e. The molecular weight excluding hydrogens is 293 g/mol. The highest BCUT2D eigenvalue weighted by Gasteiger charge is 2.09. The molecule has 0 heterocycles. The minimum Gasteiger partial charge on any atom is -0.384 e. The molecule has 21 heavy (non-hydrogen) atoms. The molecule has 0 unspecified atom stereocenters. The molecule has 2 rings (SSSR count). The number of amides is 1. The third-order valence-corrected chi connectivity index (χ3v) is 2.94. The van der Waals surface area contributed by atoms with E-state index in [1.807, 2.05) is 0 Å². The average Bonchev–Trinajstić information content (AvgIpc) is 2.48. The summed E-state index contributed by atoms with van der Waals surface area (Å²) in [7, 11) is 0. The van der Waals surface area contributed by atoms with E-state index in [0.29, 0.717) is 16.3 Å². The van der Waals surface area contributed by atoms with Crippen molar-refractivity contribution >= 4 is 23.2 Å². The Morgan fingerprint density at radius 2 is 2.10 bits per heavy atom. The van der Waals surface area contributed by atoms with E-state index < -0.39 is 11.7 Å². The summed E-state index contributed by atoms with van der Waals surface area (Å²) in [5, 5.41) is 11.6. The molecule has 0 saturated heterocycles. The molecule has 2 aromatic rings. The van der Waals surface area contributed by atoms with Gasteiger partial charge in [-0.1, -0.05) is 29.5 Å². The summed E-state index contributed by atoms with van der Waals surface area (Å²) in [4.78, 5) is 12.0.